The SMILES string of the molecule is CCC(=O)NCCC1(C)CN(C)c2cc([N+](=O)[O-])ccc21. The van der Waals surface area contributed by atoms with Gasteiger partial charge in [0.15, 0.2) is 0 Å². The third-order valence-corrected chi connectivity index (χ3v) is 4.16. The molecule has 1 aromatic carbocycles. The third-order valence-electron chi connectivity index (χ3n) is 4.16. The van der Waals surface area contributed by atoms with E-state index in [9.17, 15) is 14.9 Å². The maximum Gasteiger partial charge on any atom is 0.271 e. The number of anilines is 1. The van der Waals surface area contributed by atoms with E-state index < -0.39 is 0 Å². The summed E-state index contributed by atoms with van der Waals surface area (Å²) in [7, 11) is 1.94. The molecule has 1 atom stereocenters. The number of carbonyl (C=O) groups is 1. The minimum atomic E-state index is -0.370. The van der Waals surface area contributed by atoms with Gasteiger partial charge in [-0.1, -0.05) is 13.8 Å². The van der Waals surface area contributed by atoms with Gasteiger partial charge in [0.1, 0.15) is 0 Å². The predicted octanol–water partition coefficient (Wildman–Crippen LogP) is 2.22. The Kier molecular flexibility index (Phi) is 4.16. The smallest absolute Gasteiger partial charge is 0.271 e. The second-order valence-electron chi connectivity index (χ2n) is 5.83. The number of nitro benzene ring substituents is 1. The standard InChI is InChI=1S/C15H21N3O3/c1-4-14(19)16-8-7-15(2)10-17(3)13-9-11(18(20)21)5-6-12(13)15/h5-6,9H,4,7-8,10H2,1-3H3,(H,16,19). The molecule has 1 aliphatic heterocycles. The summed E-state index contributed by atoms with van der Waals surface area (Å²) >= 11 is 0. The van der Waals surface area contributed by atoms with Crippen molar-refractivity contribution < 1.29 is 9.72 Å². The molecule has 6 nitrogen and oxygen atoms in total. The minimum absolute atomic E-state index is 0.0499. The lowest BCUT2D eigenvalue weighted by Gasteiger charge is -2.25. The number of likely N-dealkylation sites (N-methyl/N-ethyl adjacent to an activating group) is 1. The number of nitrogens with one attached hydrogen (secondary N) is 1. The molecule has 2 rings (SSSR count). The van der Waals surface area contributed by atoms with E-state index in [1.54, 1.807) is 12.1 Å². The first-order valence-corrected chi connectivity index (χ1v) is 7.14. The maximum absolute atomic E-state index is 11.3. The van der Waals surface area contributed by atoms with Crippen molar-refractivity contribution in [1.29, 1.82) is 0 Å². The number of fused-ring (bicyclic) bond motifs is 1. The Bertz CT molecular complexity index is 573. The lowest BCUT2D eigenvalue weighted by Crippen LogP contribution is -2.34. The third kappa shape index (κ3) is 2.99. The number of hydrogen-bond donors (Lipinski definition) is 1. The van der Waals surface area contributed by atoms with Gasteiger partial charge in [0.05, 0.1) is 4.92 Å². The Labute approximate surface area is 124 Å². The largest absolute Gasteiger partial charge is 0.373 e. The second kappa shape index (κ2) is 5.71. The molecule has 1 heterocycles. The van der Waals surface area contributed by atoms with Gasteiger partial charge < -0.3 is 10.2 Å². The maximum atomic E-state index is 11.3. The molecule has 0 radical (unpaired) electrons. The molecular weight excluding hydrogens is 270 g/mol. The number of hydrogen-bond acceptors (Lipinski definition) is 4. The average Bonchev–Trinajstić information content (AvgIpc) is 2.70. The van der Waals surface area contributed by atoms with Gasteiger partial charge in [0.25, 0.3) is 5.69 Å². The van der Waals surface area contributed by atoms with Crippen molar-refractivity contribution in [2.24, 2.45) is 0 Å². The predicted molar refractivity (Wildman–Crippen MR) is 81.6 cm³/mol. The fourth-order valence-corrected chi connectivity index (χ4v) is 2.97. The summed E-state index contributed by atoms with van der Waals surface area (Å²) in [4.78, 5) is 23.9. The van der Waals surface area contributed by atoms with Crippen LogP contribution in [0.15, 0.2) is 18.2 Å². The number of nitro groups is 1. The molecule has 21 heavy (non-hydrogen) atoms. The molecule has 1 amide bonds. The monoisotopic (exact) mass is 291 g/mol. The zero-order valence-corrected chi connectivity index (χ0v) is 12.7. The first kappa shape index (κ1) is 15.3. The van der Waals surface area contributed by atoms with E-state index >= 15 is 0 Å². The fourth-order valence-electron chi connectivity index (χ4n) is 2.97. The van der Waals surface area contributed by atoms with Crippen LogP contribution < -0.4 is 10.2 Å². The molecular formula is C15H21N3O3. The van der Waals surface area contributed by atoms with E-state index in [4.69, 9.17) is 0 Å². The Hall–Kier alpha value is -2.11. The molecule has 0 fully saturated rings. The molecule has 0 aliphatic carbocycles. The van der Waals surface area contributed by atoms with Crippen molar-refractivity contribution in [3.05, 3.63) is 33.9 Å². The van der Waals surface area contributed by atoms with Gasteiger partial charge in [0, 0.05) is 49.8 Å². The number of amides is 1. The summed E-state index contributed by atoms with van der Waals surface area (Å²) in [5, 5.41) is 13.8. The number of carbonyl (C=O) groups excluding carboxylic acids is 1. The van der Waals surface area contributed by atoms with Crippen molar-refractivity contribution in [2.75, 3.05) is 25.0 Å². The van der Waals surface area contributed by atoms with Crippen molar-refractivity contribution in [2.45, 2.75) is 32.1 Å². The molecule has 0 saturated carbocycles. The van der Waals surface area contributed by atoms with Crippen LogP contribution in [0.2, 0.25) is 0 Å². The molecule has 0 aromatic heterocycles. The highest BCUT2D eigenvalue weighted by atomic mass is 16.6. The zero-order chi connectivity index (χ0) is 15.6. The van der Waals surface area contributed by atoms with E-state index in [1.807, 2.05) is 24.9 Å². The average molecular weight is 291 g/mol. The van der Waals surface area contributed by atoms with E-state index in [-0.39, 0.29) is 21.9 Å². The quantitative estimate of drug-likeness (QED) is 0.666. The van der Waals surface area contributed by atoms with Crippen LogP contribution in [-0.2, 0) is 10.2 Å². The molecule has 114 valence electrons. The molecule has 0 saturated heterocycles. The number of nitrogens with zero attached hydrogens (tertiary/aromatic N) is 2. The molecule has 1 aliphatic rings. The summed E-state index contributed by atoms with van der Waals surface area (Å²) in [6.07, 6.45) is 1.30. The van der Waals surface area contributed by atoms with Crippen LogP contribution in [0.3, 0.4) is 0 Å². The van der Waals surface area contributed by atoms with Crippen LogP contribution in [0.25, 0.3) is 0 Å². The summed E-state index contributed by atoms with van der Waals surface area (Å²) < 4.78 is 0. The lowest BCUT2D eigenvalue weighted by molar-refractivity contribution is -0.384. The summed E-state index contributed by atoms with van der Waals surface area (Å²) in [6.45, 7) is 5.38. The fraction of sp³-hybridized carbons (Fsp3) is 0.533. The van der Waals surface area contributed by atoms with E-state index in [0.717, 1.165) is 24.2 Å². The normalized spacial score (nSPS) is 20.2. The Morgan fingerprint density at radius 3 is 2.86 bits per heavy atom. The first-order valence-electron chi connectivity index (χ1n) is 7.14. The lowest BCUT2D eigenvalue weighted by atomic mass is 9.81. The summed E-state index contributed by atoms with van der Waals surface area (Å²) in [5.74, 6) is 0.0499. The Morgan fingerprint density at radius 1 is 1.52 bits per heavy atom. The van der Waals surface area contributed by atoms with Crippen LogP contribution in [0.5, 0.6) is 0 Å². The minimum Gasteiger partial charge on any atom is -0.373 e. The Balaban J connectivity index is 2.18. The van der Waals surface area contributed by atoms with Crippen molar-refractivity contribution in [1.82, 2.24) is 5.32 Å². The molecule has 1 unspecified atom stereocenters. The van der Waals surface area contributed by atoms with Crippen molar-refractivity contribution in [3.8, 4) is 0 Å². The summed E-state index contributed by atoms with van der Waals surface area (Å²) in [5.41, 5.74) is 2.04. The van der Waals surface area contributed by atoms with Gasteiger partial charge in [-0.15, -0.1) is 0 Å². The molecule has 0 bridgehead atoms. The van der Waals surface area contributed by atoms with Crippen molar-refractivity contribution >= 4 is 17.3 Å². The molecule has 1 aromatic rings. The van der Waals surface area contributed by atoms with E-state index in [0.29, 0.717) is 13.0 Å². The highest BCUT2D eigenvalue weighted by Gasteiger charge is 2.37. The van der Waals surface area contributed by atoms with Crippen LogP contribution in [0.4, 0.5) is 11.4 Å². The van der Waals surface area contributed by atoms with Gasteiger partial charge in [-0.25, -0.2) is 0 Å². The van der Waals surface area contributed by atoms with E-state index in [1.165, 1.54) is 0 Å². The van der Waals surface area contributed by atoms with Crippen molar-refractivity contribution in [3.63, 3.8) is 0 Å². The molecule has 1 N–H and O–H groups in total. The van der Waals surface area contributed by atoms with Crippen LogP contribution in [0.1, 0.15) is 32.3 Å². The van der Waals surface area contributed by atoms with Crippen LogP contribution in [0, 0.1) is 10.1 Å². The van der Waals surface area contributed by atoms with Gasteiger partial charge in [-0.05, 0) is 18.1 Å². The molecule has 0 spiro atoms. The van der Waals surface area contributed by atoms with Crippen LogP contribution in [-0.4, -0.2) is 31.0 Å². The highest BCUT2D eigenvalue weighted by Crippen LogP contribution is 2.43. The van der Waals surface area contributed by atoms with Gasteiger partial charge in [-0.2, -0.15) is 0 Å². The first-order chi connectivity index (χ1) is 9.87. The van der Waals surface area contributed by atoms with Gasteiger partial charge in [-0.3, -0.25) is 14.9 Å². The van der Waals surface area contributed by atoms with E-state index in [2.05, 4.69) is 12.2 Å². The van der Waals surface area contributed by atoms with Gasteiger partial charge >= 0.3 is 0 Å². The molecule has 6 heteroatoms. The van der Waals surface area contributed by atoms with Gasteiger partial charge in [0.2, 0.25) is 5.91 Å². The zero-order valence-electron chi connectivity index (χ0n) is 12.7. The Morgan fingerprint density at radius 2 is 2.24 bits per heavy atom. The topological polar surface area (TPSA) is 75.5 Å². The highest BCUT2D eigenvalue weighted by molar-refractivity contribution is 5.75. The number of benzene rings is 1. The number of non-ortho nitro benzene ring substituents is 1. The van der Waals surface area contributed by atoms with Crippen LogP contribution >= 0.6 is 0 Å². The summed E-state index contributed by atoms with van der Waals surface area (Å²) in [6, 6.07) is 5.03. The second-order valence-corrected chi connectivity index (χ2v) is 5.83. The number of rotatable bonds is 5.